The van der Waals surface area contributed by atoms with Crippen molar-refractivity contribution in [3.8, 4) is 0 Å². The fraction of sp³-hybridized carbons (Fsp3) is 0.667. The highest BCUT2D eigenvalue weighted by Gasteiger charge is 2.36. The van der Waals surface area contributed by atoms with E-state index in [1.165, 1.54) is 11.8 Å². The molecule has 2 aromatic rings. The Kier molecular flexibility index (Phi) is 6.64. The van der Waals surface area contributed by atoms with E-state index < -0.39 is 5.60 Å². The Morgan fingerprint density at radius 3 is 2.63 bits per heavy atom. The average molecular weight is 437 g/mol. The zero-order valence-electron chi connectivity index (χ0n) is 18.0. The number of imidazole rings is 1. The van der Waals surface area contributed by atoms with Crippen LogP contribution in [0.4, 0.5) is 4.79 Å². The number of aromatic nitrogens is 6. The maximum atomic E-state index is 13.0. The molecule has 0 radical (unpaired) electrons. The Morgan fingerprint density at radius 1 is 1.27 bits per heavy atom. The first kappa shape index (κ1) is 22.1. The predicted molar refractivity (Wildman–Crippen MR) is 110 cm³/mol. The first-order valence-electron chi connectivity index (χ1n) is 9.75. The van der Waals surface area contributed by atoms with Crippen LogP contribution in [0.15, 0.2) is 17.6 Å². The van der Waals surface area contributed by atoms with Gasteiger partial charge in [0.25, 0.3) is 0 Å². The maximum absolute atomic E-state index is 13.0. The fourth-order valence-corrected chi connectivity index (χ4v) is 3.99. The minimum atomic E-state index is -0.575. The molecule has 3 rings (SSSR count). The van der Waals surface area contributed by atoms with Gasteiger partial charge >= 0.3 is 6.09 Å². The molecule has 0 N–H and O–H groups in total. The van der Waals surface area contributed by atoms with E-state index in [2.05, 4.69) is 20.5 Å². The third-order valence-electron chi connectivity index (χ3n) is 4.64. The van der Waals surface area contributed by atoms with Crippen molar-refractivity contribution in [2.75, 3.05) is 25.4 Å². The number of rotatable bonds is 5. The lowest BCUT2D eigenvalue weighted by Crippen LogP contribution is -2.53. The van der Waals surface area contributed by atoms with Crippen molar-refractivity contribution in [1.29, 1.82) is 0 Å². The van der Waals surface area contributed by atoms with Crippen molar-refractivity contribution in [3.05, 3.63) is 18.2 Å². The second-order valence-electron chi connectivity index (χ2n) is 8.11. The number of hydrogen-bond donors (Lipinski definition) is 0. The molecular formula is C18H28N8O3S. The number of nitrogens with zero attached hydrogens (tertiary/aromatic N) is 8. The molecule has 30 heavy (non-hydrogen) atoms. The SMILES string of the molecule is Cn1ccnc1[C@@H]1CN(C(=O)OC(C)(C)C)CCN1C(=O)CCSc1nnnn1C. The molecule has 0 unspecified atom stereocenters. The molecule has 0 spiro atoms. The normalized spacial score (nSPS) is 17.3. The van der Waals surface area contributed by atoms with Crippen LogP contribution in [0.2, 0.25) is 0 Å². The minimum absolute atomic E-state index is 0.00877. The summed E-state index contributed by atoms with van der Waals surface area (Å²) in [7, 11) is 3.64. The third-order valence-corrected chi connectivity index (χ3v) is 5.65. The van der Waals surface area contributed by atoms with Crippen LogP contribution in [0.3, 0.4) is 0 Å². The van der Waals surface area contributed by atoms with E-state index in [9.17, 15) is 9.59 Å². The molecule has 2 amide bonds. The summed E-state index contributed by atoms with van der Waals surface area (Å²) >= 11 is 1.43. The summed E-state index contributed by atoms with van der Waals surface area (Å²) in [4.78, 5) is 33.5. The predicted octanol–water partition coefficient (Wildman–Crippen LogP) is 1.25. The smallest absolute Gasteiger partial charge is 0.410 e. The van der Waals surface area contributed by atoms with Gasteiger partial charge in [0.15, 0.2) is 0 Å². The summed E-state index contributed by atoms with van der Waals surface area (Å²) in [6.45, 7) is 6.70. The number of thioether (sulfide) groups is 1. The number of aryl methyl sites for hydroxylation is 2. The molecule has 1 aliphatic heterocycles. The number of piperazine rings is 1. The van der Waals surface area contributed by atoms with Gasteiger partial charge < -0.3 is 19.1 Å². The average Bonchev–Trinajstić information content (AvgIpc) is 3.28. The zero-order valence-corrected chi connectivity index (χ0v) is 18.8. The van der Waals surface area contributed by atoms with Crippen LogP contribution in [-0.4, -0.2) is 82.5 Å². The summed E-state index contributed by atoms with van der Waals surface area (Å²) < 4.78 is 8.97. The Labute approximate surface area is 179 Å². The fourth-order valence-electron chi connectivity index (χ4n) is 3.21. The van der Waals surface area contributed by atoms with Gasteiger partial charge in [0, 0.05) is 51.8 Å². The molecule has 1 aliphatic rings. The van der Waals surface area contributed by atoms with Crippen LogP contribution in [0.5, 0.6) is 0 Å². The molecule has 2 aromatic heterocycles. The Morgan fingerprint density at radius 2 is 2.03 bits per heavy atom. The highest BCUT2D eigenvalue weighted by Crippen LogP contribution is 2.27. The molecule has 0 aromatic carbocycles. The monoisotopic (exact) mass is 436 g/mol. The lowest BCUT2D eigenvalue weighted by atomic mass is 10.1. The van der Waals surface area contributed by atoms with E-state index in [1.54, 1.807) is 27.7 Å². The van der Waals surface area contributed by atoms with Gasteiger partial charge in [0.05, 0.1) is 6.54 Å². The molecule has 3 heterocycles. The summed E-state index contributed by atoms with van der Waals surface area (Å²) in [5.74, 6) is 1.31. The second-order valence-corrected chi connectivity index (χ2v) is 9.17. The Hall–Kier alpha value is -2.63. The molecule has 1 fully saturated rings. The summed E-state index contributed by atoms with van der Waals surface area (Å²) in [5, 5.41) is 12.0. The summed E-state index contributed by atoms with van der Waals surface area (Å²) in [6.07, 6.45) is 3.49. The Balaban J connectivity index is 1.68. The van der Waals surface area contributed by atoms with Gasteiger partial charge in [0.2, 0.25) is 11.1 Å². The van der Waals surface area contributed by atoms with Crippen LogP contribution in [0.25, 0.3) is 0 Å². The molecule has 0 bridgehead atoms. The van der Waals surface area contributed by atoms with Crippen molar-refractivity contribution in [3.63, 3.8) is 0 Å². The van der Waals surface area contributed by atoms with Gasteiger partial charge in [-0.2, -0.15) is 0 Å². The lowest BCUT2D eigenvalue weighted by molar-refractivity contribution is -0.136. The number of carbonyl (C=O) groups is 2. The van der Waals surface area contributed by atoms with E-state index in [0.29, 0.717) is 37.0 Å². The lowest BCUT2D eigenvalue weighted by Gasteiger charge is -2.41. The number of ether oxygens (including phenoxy) is 1. The van der Waals surface area contributed by atoms with Gasteiger partial charge in [-0.05, 0) is 31.2 Å². The standard InChI is InChI=1S/C18H28N8O3S/c1-18(2,3)29-17(28)25-9-10-26(13(12-25)15-19-7-8-23(15)4)14(27)6-11-30-16-20-21-22-24(16)5/h7-8,13H,6,9-12H2,1-5H3/t13-/m0/s1. The zero-order chi connectivity index (χ0) is 21.9. The van der Waals surface area contributed by atoms with Crippen LogP contribution >= 0.6 is 11.8 Å². The van der Waals surface area contributed by atoms with Gasteiger partial charge in [0.1, 0.15) is 17.5 Å². The van der Waals surface area contributed by atoms with E-state index >= 15 is 0 Å². The number of tetrazole rings is 1. The van der Waals surface area contributed by atoms with Gasteiger partial charge in [-0.1, -0.05) is 11.8 Å². The topological polar surface area (TPSA) is 111 Å². The van der Waals surface area contributed by atoms with E-state index in [0.717, 1.165) is 5.82 Å². The largest absolute Gasteiger partial charge is 0.444 e. The van der Waals surface area contributed by atoms with Crippen LogP contribution < -0.4 is 0 Å². The molecule has 0 aliphatic carbocycles. The van der Waals surface area contributed by atoms with Gasteiger partial charge in [-0.15, -0.1) is 5.10 Å². The first-order chi connectivity index (χ1) is 14.2. The third kappa shape index (κ3) is 5.29. The number of carbonyl (C=O) groups excluding carboxylic acids is 2. The van der Waals surface area contributed by atoms with Crippen molar-refractivity contribution in [1.82, 2.24) is 39.6 Å². The minimum Gasteiger partial charge on any atom is -0.444 e. The van der Waals surface area contributed by atoms with Crippen LogP contribution in [0, 0.1) is 0 Å². The quantitative estimate of drug-likeness (QED) is 0.644. The maximum Gasteiger partial charge on any atom is 0.410 e. The summed E-state index contributed by atoms with van der Waals surface area (Å²) in [5.41, 5.74) is -0.575. The highest BCUT2D eigenvalue weighted by molar-refractivity contribution is 7.99. The number of amides is 2. The first-order valence-corrected chi connectivity index (χ1v) is 10.7. The van der Waals surface area contributed by atoms with Crippen molar-refractivity contribution in [2.24, 2.45) is 14.1 Å². The molecule has 1 atom stereocenters. The van der Waals surface area contributed by atoms with Crippen molar-refractivity contribution in [2.45, 2.75) is 44.0 Å². The molecule has 0 saturated carbocycles. The molecule has 1 saturated heterocycles. The molecule has 12 heteroatoms. The van der Waals surface area contributed by atoms with E-state index in [4.69, 9.17) is 4.74 Å². The van der Waals surface area contributed by atoms with Gasteiger partial charge in [-0.3, -0.25) is 4.79 Å². The molecular weight excluding hydrogens is 408 g/mol. The Bertz CT molecular complexity index is 890. The molecule has 164 valence electrons. The van der Waals surface area contributed by atoms with Crippen LogP contribution in [0.1, 0.15) is 39.1 Å². The van der Waals surface area contributed by atoms with E-state index in [1.807, 2.05) is 38.6 Å². The highest BCUT2D eigenvalue weighted by atomic mass is 32.2. The van der Waals surface area contributed by atoms with E-state index in [-0.39, 0.29) is 18.0 Å². The van der Waals surface area contributed by atoms with Crippen molar-refractivity contribution < 1.29 is 14.3 Å². The second kappa shape index (κ2) is 9.02. The summed E-state index contributed by atoms with van der Waals surface area (Å²) in [6, 6.07) is -0.333. The van der Waals surface area contributed by atoms with Gasteiger partial charge in [-0.25, -0.2) is 14.5 Å². The number of hydrogen-bond acceptors (Lipinski definition) is 8. The van der Waals surface area contributed by atoms with Crippen LogP contribution in [-0.2, 0) is 23.6 Å². The molecule has 11 nitrogen and oxygen atoms in total. The van der Waals surface area contributed by atoms with Crippen molar-refractivity contribution >= 4 is 23.8 Å².